The maximum atomic E-state index is 5.83. The van der Waals surface area contributed by atoms with Gasteiger partial charge in [0.05, 0.1) is 35.3 Å². The zero-order valence-corrected chi connectivity index (χ0v) is 12.4. The van der Waals surface area contributed by atoms with Crippen molar-refractivity contribution in [3.63, 3.8) is 0 Å². The SMILES string of the molecule is Cc1ccc(N2C=Nc3c(sc4ncc(N)cc34)C2)cc1. The number of hydrogen-bond acceptors (Lipinski definition) is 5. The molecule has 2 aromatic heterocycles. The Bertz CT molecular complexity index is 849. The van der Waals surface area contributed by atoms with E-state index in [-0.39, 0.29) is 0 Å². The van der Waals surface area contributed by atoms with Crippen LogP contribution in [0.3, 0.4) is 0 Å². The van der Waals surface area contributed by atoms with Gasteiger partial charge in [0.1, 0.15) is 4.83 Å². The van der Waals surface area contributed by atoms with Crippen LogP contribution in [0.1, 0.15) is 10.4 Å². The van der Waals surface area contributed by atoms with Crippen LogP contribution in [0, 0.1) is 6.92 Å². The van der Waals surface area contributed by atoms with E-state index in [4.69, 9.17) is 5.73 Å². The summed E-state index contributed by atoms with van der Waals surface area (Å²) in [5.41, 5.74) is 9.93. The Morgan fingerprint density at radius 1 is 1.24 bits per heavy atom. The number of fused-ring (bicyclic) bond motifs is 3. The molecule has 4 rings (SSSR count). The van der Waals surface area contributed by atoms with Crippen molar-refractivity contribution in [1.82, 2.24) is 4.98 Å². The molecule has 0 radical (unpaired) electrons. The third-order valence-electron chi connectivity index (χ3n) is 3.62. The fourth-order valence-corrected chi connectivity index (χ4v) is 3.57. The second-order valence-corrected chi connectivity index (χ2v) is 6.29. The highest BCUT2D eigenvalue weighted by atomic mass is 32.1. The third-order valence-corrected chi connectivity index (χ3v) is 4.70. The molecule has 0 unspecified atom stereocenters. The van der Waals surface area contributed by atoms with E-state index >= 15 is 0 Å². The van der Waals surface area contributed by atoms with Crippen LogP contribution in [-0.4, -0.2) is 11.3 Å². The largest absolute Gasteiger partial charge is 0.397 e. The Morgan fingerprint density at radius 3 is 2.86 bits per heavy atom. The van der Waals surface area contributed by atoms with Gasteiger partial charge in [0.25, 0.3) is 0 Å². The molecule has 21 heavy (non-hydrogen) atoms. The van der Waals surface area contributed by atoms with Crippen molar-refractivity contribution in [3.05, 3.63) is 47.0 Å². The molecular weight excluding hydrogens is 280 g/mol. The molecule has 0 saturated heterocycles. The molecule has 0 amide bonds. The number of aryl methyl sites for hydroxylation is 1. The summed E-state index contributed by atoms with van der Waals surface area (Å²) in [5.74, 6) is 0. The maximum absolute atomic E-state index is 5.83. The molecule has 0 aliphatic carbocycles. The Balaban J connectivity index is 1.76. The van der Waals surface area contributed by atoms with Gasteiger partial charge >= 0.3 is 0 Å². The van der Waals surface area contributed by atoms with Crippen molar-refractivity contribution in [2.45, 2.75) is 13.5 Å². The summed E-state index contributed by atoms with van der Waals surface area (Å²) in [7, 11) is 0. The number of aromatic nitrogens is 1. The smallest absolute Gasteiger partial charge is 0.125 e. The van der Waals surface area contributed by atoms with Gasteiger partial charge in [-0.05, 0) is 25.1 Å². The van der Waals surface area contributed by atoms with E-state index in [1.165, 1.54) is 10.4 Å². The third kappa shape index (κ3) is 2.06. The number of aliphatic imine (C=N–C) groups is 1. The van der Waals surface area contributed by atoms with Crippen LogP contribution in [-0.2, 0) is 6.54 Å². The van der Waals surface area contributed by atoms with Crippen molar-refractivity contribution < 1.29 is 0 Å². The summed E-state index contributed by atoms with van der Waals surface area (Å²) in [5, 5.41) is 1.05. The molecule has 104 valence electrons. The topological polar surface area (TPSA) is 54.5 Å². The van der Waals surface area contributed by atoms with E-state index in [1.54, 1.807) is 17.5 Å². The van der Waals surface area contributed by atoms with Gasteiger partial charge < -0.3 is 10.6 Å². The first-order valence-electron chi connectivity index (χ1n) is 6.75. The molecule has 1 aliphatic rings. The molecule has 5 heteroatoms. The number of nitrogens with zero attached hydrogens (tertiary/aromatic N) is 3. The number of nitrogens with two attached hydrogens (primary N) is 1. The molecule has 1 aliphatic heterocycles. The minimum Gasteiger partial charge on any atom is -0.397 e. The van der Waals surface area contributed by atoms with Gasteiger partial charge in [0.2, 0.25) is 0 Å². The van der Waals surface area contributed by atoms with Crippen LogP contribution >= 0.6 is 11.3 Å². The number of thiophene rings is 1. The van der Waals surface area contributed by atoms with Crippen LogP contribution < -0.4 is 10.6 Å². The van der Waals surface area contributed by atoms with Gasteiger partial charge in [-0.2, -0.15) is 0 Å². The fourth-order valence-electron chi connectivity index (χ4n) is 2.50. The summed E-state index contributed by atoms with van der Waals surface area (Å²) in [6.07, 6.45) is 3.59. The lowest BCUT2D eigenvalue weighted by molar-refractivity contribution is 1.02. The molecule has 2 N–H and O–H groups in total. The standard InChI is InChI=1S/C16H14N4S/c1-10-2-4-12(5-3-10)20-8-14-15(19-9-20)13-6-11(17)7-18-16(13)21-14/h2-7,9H,8,17H2,1H3. The zero-order chi connectivity index (χ0) is 14.4. The van der Waals surface area contributed by atoms with Gasteiger partial charge in [0.15, 0.2) is 0 Å². The lowest BCUT2D eigenvalue weighted by atomic mass is 10.2. The first kappa shape index (κ1) is 12.3. The Hall–Kier alpha value is -2.40. The maximum Gasteiger partial charge on any atom is 0.125 e. The van der Waals surface area contributed by atoms with Gasteiger partial charge in [-0.3, -0.25) is 0 Å². The highest BCUT2D eigenvalue weighted by Gasteiger charge is 2.19. The highest BCUT2D eigenvalue weighted by molar-refractivity contribution is 7.19. The molecular formula is C16H14N4S. The Labute approximate surface area is 126 Å². The van der Waals surface area contributed by atoms with Crippen molar-refractivity contribution in [2.75, 3.05) is 10.6 Å². The summed E-state index contributed by atoms with van der Waals surface area (Å²) >= 11 is 1.69. The highest BCUT2D eigenvalue weighted by Crippen LogP contribution is 2.40. The number of nitrogen functional groups attached to an aromatic ring is 1. The normalized spacial score (nSPS) is 13.7. The quantitative estimate of drug-likeness (QED) is 0.741. The van der Waals surface area contributed by atoms with Crippen LogP contribution in [0.25, 0.3) is 10.2 Å². The van der Waals surface area contributed by atoms with Crippen molar-refractivity contribution in [1.29, 1.82) is 0 Å². The van der Waals surface area contributed by atoms with E-state index in [0.29, 0.717) is 5.69 Å². The molecule has 0 saturated carbocycles. The number of anilines is 2. The average Bonchev–Trinajstić information content (AvgIpc) is 2.85. The second-order valence-electron chi connectivity index (χ2n) is 5.20. The van der Waals surface area contributed by atoms with Crippen LogP contribution in [0.15, 0.2) is 41.5 Å². The summed E-state index contributed by atoms with van der Waals surface area (Å²) in [4.78, 5) is 13.4. The Morgan fingerprint density at radius 2 is 2.05 bits per heavy atom. The first-order valence-corrected chi connectivity index (χ1v) is 7.57. The molecule has 0 atom stereocenters. The molecule has 3 heterocycles. The molecule has 0 fully saturated rings. The van der Waals surface area contributed by atoms with Crippen molar-refractivity contribution in [2.24, 2.45) is 4.99 Å². The second kappa shape index (κ2) is 4.56. The van der Waals surface area contributed by atoms with E-state index in [2.05, 4.69) is 46.1 Å². The zero-order valence-electron chi connectivity index (χ0n) is 11.6. The molecule has 3 aromatic rings. The van der Waals surface area contributed by atoms with Gasteiger partial charge in [-0.1, -0.05) is 17.7 Å². The Kier molecular flexibility index (Phi) is 2.68. The molecule has 4 nitrogen and oxygen atoms in total. The van der Waals surface area contributed by atoms with Crippen molar-refractivity contribution >= 4 is 45.0 Å². The first-order chi connectivity index (χ1) is 10.2. The van der Waals surface area contributed by atoms with Crippen LogP contribution in [0.2, 0.25) is 0 Å². The number of benzene rings is 1. The number of pyridine rings is 1. The predicted molar refractivity (Wildman–Crippen MR) is 89.5 cm³/mol. The van der Waals surface area contributed by atoms with E-state index in [0.717, 1.165) is 28.1 Å². The van der Waals surface area contributed by atoms with Crippen LogP contribution in [0.5, 0.6) is 0 Å². The average molecular weight is 294 g/mol. The van der Waals surface area contributed by atoms with Crippen LogP contribution in [0.4, 0.5) is 17.1 Å². The molecule has 1 aromatic carbocycles. The minimum absolute atomic E-state index is 0.680. The predicted octanol–water partition coefficient (Wildman–Crippen LogP) is 3.87. The van der Waals surface area contributed by atoms with Gasteiger partial charge in [0, 0.05) is 11.1 Å². The lowest BCUT2D eigenvalue weighted by Crippen LogP contribution is -2.22. The molecule has 0 spiro atoms. The summed E-state index contributed by atoms with van der Waals surface area (Å²) in [6, 6.07) is 10.4. The number of rotatable bonds is 1. The fraction of sp³-hybridized carbons (Fsp3) is 0.125. The van der Waals surface area contributed by atoms with Gasteiger partial charge in [-0.15, -0.1) is 11.3 Å². The van der Waals surface area contributed by atoms with Gasteiger partial charge in [-0.25, -0.2) is 9.98 Å². The van der Waals surface area contributed by atoms with E-state index in [1.807, 2.05) is 12.4 Å². The summed E-state index contributed by atoms with van der Waals surface area (Å²) < 4.78 is 0. The number of hydrogen-bond donors (Lipinski definition) is 1. The van der Waals surface area contributed by atoms with E-state index in [9.17, 15) is 0 Å². The van der Waals surface area contributed by atoms with Crippen molar-refractivity contribution in [3.8, 4) is 0 Å². The summed E-state index contributed by atoms with van der Waals surface area (Å²) in [6.45, 7) is 2.91. The lowest BCUT2D eigenvalue weighted by Gasteiger charge is -2.22. The molecule has 0 bridgehead atoms. The minimum atomic E-state index is 0.680. The van der Waals surface area contributed by atoms with E-state index < -0.39 is 0 Å². The monoisotopic (exact) mass is 294 g/mol.